The monoisotopic (exact) mass is 256 g/mol. The van der Waals surface area contributed by atoms with Crippen molar-refractivity contribution in [2.75, 3.05) is 0 Å². The average molecular weight is 257 g/mol. The fraction of sp³-hybridized carbons (Fsp3) is 0.200. The van der Waals surface area contributed by atoms with Gasteiger partial charge in [-0.05, 0) is 50.8 Å². The minimum absolute atomic E-state index is 0.336. The highest BCUT2D eigenvalue weighted by atomic mass is 79.9. The summed E-state index contributed by atoms with van der Waals surface area (Å²) in [7, 11) is 0. The second-order valence-electron chi connectivity index (χ2n) is 2.88. The molecule has 0 aliphatic carbocycles. The number of phenols is 1. The highest BCUT2D eigenvalue weighted by molar-refractivity contribution is 9.10. The van der Waals surface area contributed by atoms with Crippen LogP contribution >= 0.6 is 27.3 Å². The van der Waals surface area contributed by atoms with Crippen molar-refractivity contribution in [3.05, 3.63) is 27.5 Å². The van der Waals surface area contributed by atoms with E-state index in [9.17, 15) is 5.11 Å². The van der Waals surface area contributed by atoms with Crippen molar-refractivity contribution in [2.45, 2.75) is 13.3 Å². The molecule has 1 aromatic heterocycles. The average Bonchev–Trinajstić information content (AvgIpc) is 2.54. The second kappa shape index (κ2) is 3.31. The third-order valence-corrected chi connectivity index (χ3v) is 3.98. The van der Waals surface area contributed by atoms with Crippen LogP contribution in [0.3, 0.4) is 0 Å². The molecule has 1 N–H and O–H groups in total. The standard InChI is InChI=1S/C10H9BrOS/c1-2-7-9(11)8(12)5-6-3-4-13-10(6)7/h3-5,12H,2H2,1H3. The normalized spacial score (nSPS) is 10.9. The van der Waals surface area contributed by atoms with Crippen molar-refractivity contribution in [1.82, 2.24) is 0 Å². The Balaban J connectivity index is 2.87. The summed E-state index contributed by atoms with van der Waals surface area (Å²) in [5.74, 6) is 0.336. The lowest BCUT2D eigenvalue weighted by Crippen LogP contribution is -1.83. The molecule has 68 valence electrons. The van der Waals surface area contributed by atoms with Gasteiger partial charge in [0.05, 0.1) is 4.47 Å². The van der Waals surface area contributed by atoms with Gasteiger partial charge in [0.25, 0.3) is 0 Å². The van der Waals surface area contributed by atoms with E-state index in [0.717, 1.165) is 16.3 Å². The van der Waals surface area contributed by atoms with Gasteiger partial charge >= 0.3 is 0 Å². The number of hydrogen-bond donors (Lipinski definition) is 1. The molecule has 2 rings (SSSR count). The van der Waals surface area contributed by atoms with Crippen molar-refractivity contribution in [3.63, 3.8) is 0 Å². The molecule has 1 nitrogen and oxygen atoms in total. The first-order chi connectivity index (χ1) is 6.24. The van der Waals surface area contributed by atoms with Gasteiger partial charge in [0, 0.05) is 4.70 Å². The Labute approximate surface area is 89.1 Å². The molecular weight excluding hydrogens is 248 g/mol. The Hall–Kier alpha value is -0.540. The van der Waals surface area contributed by atoms with Crippen LogP contribution in [0.5, 0.6) is 5.75 Å². The summed E-state index contributed by atoms with van der Waals surface area (Å²) in [5, 5.41) is 12.8. The van der Waals surface area contributed by atoms with Crippen LogP contribution in [0.2, 0.25) is 0 Å². The van der Waals surface area contributed by atoms with E-state index >= 15 is 0 Å². The maximum Gasteiger partial charge on any atom is 0.130 e. The van der Waals surface area contributed by atoms with Crippen LogP contribution in [0.1, 0.15) is 12.5 Å². The predicted molar refractivity (Wildman–Crippen MR) is 60.6 cm³/mol. The van der Waals surface area contributed by atoms with E-state index in [0.29, 0.717) is 5.75 Å². The van der Waals surface area contributed by atoms with Crippen LogP contribution in [0, 0.1) is 0 Å². The van der Waals surface area contributed by atoms with E-state index in [-0.39, 0.29) is 0 Å². The fourth-order valence-electron chi connectivity index (χ4n) is 1.46. The van der Waals surface area contributed by atoms with Gasteiger partial charge in [-0.15, -0.1) is 11.3 Å². The van der Waals surface area contributed by atoms with Gasteiger partial charge in [-0.3, -0.25) is 0 Å². The molecule has 13 heavy (non-hydrogen) atoms. The van der Waals surface area contributed by atoms with Crippen LogP contribution in [-0.2, 0) is 6.42 Å². The van der Waals surface area contributed by atoms with Crippen LogP contribution in [0.15, 0.2) is 22.0 Å². The molecule has 0 spiro atoms. The molecule has 3 heteroatoms. The third kappa shape index (κ3) is 1.36. The molecule has 0 fully saturated rings. The summed E-state index contributed by atoms with van der Waals surface area (Å²) in [6, 6.07) is 3.83. The number of aryl methyl sites for hydroxylation is 1. The zero-order valence-corrected chi connectivity index (χ0v) is 9.58. The number of halogens is 1. The first-order valence-electron chi connectivity index (χ1n) is 4.11. The minimum Gasteiger partial charge on any atom is -0.507 e. The van der Waals surface area contributed by atoms with Crippen LogP contribution < -0.4 is 0 Å². The van der Waals surface area contributed by atoms with Crippen molar-refractivity contribution in [1.29, 1.82) is 0 Å². The largest absolute Gasteiger partial charge is 0.507 e. The Morgan fingerprint density at radius 3 is 3.00 bits per heavy atom. The zero-order valence-electron chi connectivity index (χ0n) is 7.17. The summed E-state index contributed by atoms with van der Waals surface area (Å²) < 4.78 is 2.11. The number of thiophene rings is 1. The summed E-state index contributed by atoms with van der Waals surface area (Å²) in [6.07, 6.45) is 0.937. The van der Waals surface area contributed by atoms with Crippen molar-refractivity contribution < 1.29 is 5.11 Å². The predicted octanol–water partition coefficient (Wildman–Crippen LogP) is 3.93. The Bertz CT molecular complexity index is 447. The lowest BCUT2D eigenvalue weighted by molar-refractivity contribution is 0.472. The van der Waals surface area contributed by atoms with E-state index in [1.807, 2.05) is 6.07 Å². The minimum atomic E-state index is 0.336. The number of hydrogen-bond acceptors (Lipinski definition) is 2. The van der Waals surface area contributed by atoms with Gasteiger partial charge in [-0.25, -0.2) is 0 Å². The Kier molecular flexibility index (Phi) is 2.30. The molecule has 0 amide bonds. The van der Waals surface area contributed by atoms with Crippen molar-refractivity contribution in [3.8, 4) is 5.75 Å². The molecule has 0 bridgehead atoms. The summed E-state index contributed by atoms with van der Waals surface area (Å²) in [4.78, 5) is 0. The van der Waals surface area contributed by atoms with E-state index in [2.05, 4.69) is 28.2 Å². The maximum atomic E-state index is 9.61. The quantitative estimate of drug-likeness (QED) is 0.820. The van der Waals surface area contributed by atoms with E-state index in [1.165, 1.54) is 10.3 Å². The molecule has 0 aliphatic heterocycles. The molecular formula is C10H9BrOS. The molecule has 0 atom stereocenters. The van der Waals surface area contributed by atoms with Gasteiger partial charge < -0.3 is 5.11 Å². The lowest BCUT2D eigenvalue weighted by atomic mass is 10.1. The van der Waals surface area contributed by atoms with Gasteiger partial charge in [-0.1, -0.05) is 6.92 Å². The molecule has 0 radical (unpaired) electrons. The van der Waals surface area contributed by atoms with E-state index < -0.39 is 0 Å². The van der Waals surface area contributed by atoms with Gasteiger partial charge in [0.2, 0.25) is 0 Å². The van der Waals surface area contributed by atoms with Crippen molar-refractivity contribution in [2.24, 2.45) is 0 Å². The van der Waals surface area contributed by atoms with Crippen LogP contribution in [-0.4, -0.2) is 5.11 Å². The highest BCUT2D eigenvalue weighted by Gasteiger charge is 2.09. The topological polar surface area (TPSA) is 20.2 Å². The highest BCUT2D eigenvalue weighted by Crippen LogP contribution is 2.37. The maximum absolute atomic E-state index is 9.61. The number of aromatic hydroxyl groups is 1. The van der Waals surface area contributed by atoms with E-state index in [4.69, 9.17) is 0 Å². The first kappa shape index (κ1) is 9.03. The van der Waals surface area contributed by atoms with Gasteiger partial charge in [0.15, 0.2) is 0 Å². The third-order valence-electron chi connectivity index (χ3n) is 2.11. The molecule has 1 aromatic carbocycles. The molecule has 0 aliphatic rings. The second-order valence-corrected chi connectivity index (χ2v) is 4.59. The number of phenolic OH excluding ortho intramolecular Hbond substituents is 1. The molecule has 0 saturated carbocycles. The molecule has 1 heterocycles. The van der Waals surface area contributed by atoms with Crippen molar-refractivity contribution >= 4 is 37.4 Å². The van der Waals surface area contributed by atoms with Crippen LogP contribution in [0.25, 0.3) is 10.1 Å². The summed E-state index contributed by atoms with van der Waals surface area (Å²) in [6.45, 7) is 2.10. The molecule has 0 saturated heterocycles. The smallest absolute Gasteiger partial charge is 0.130 e. The number of fused-ring (bicyclic) bond motifs is 1. The Morgan fingerprint density at radius 2 is 2.31 bits per heavy atom. The van der Waals surface area contributed by atoms with E-state index in [1.54, 1.807) is 17.4 Å². The van der Waals surface area contributed by atoms with Crippen LogP contribution in [0.4, 0.5) is 0 Å². The molecule has 0 unspecified atom stereocenters. The zero-order chi connectivity index (χ0) is 9.42. The number of benzene rings is 1. The fourth-order valence-corrected chi connectivity index (χ4v) is 3.19. The number of rotatable bonds is 1. The summed E-state index contributed by atoms with van der Waals surface area (Å²) in [5.41, 5.74) is 1.20. The van der Waals surface area contributed by atoms with Gasteiger partial charge in [0.1, 0.15) is 5.75 Å². The lowest BCUT2D eigenvalue weighted by Gasteiger charge is -2.05. The van der Waals surface area contributed by atoms with Gasteiger partial charge in [-0.2, -0.15) is 0 Å². The SMILES string of the molecule is CCc1c(Br)c(O)cc2ccsc12. The summed E-state index contributed by atoms with van der Waals surface area (Å²) >= 11 is 5.12. The Morgan fingerprint density at radius 1 is 1.54 bits per heavy atom. The first-order valence-corrected chi connectivity index (χ1v) is 5.79. The molecule has 2 aromatic rings.